The number of rotatable bonds is 5. The van der Waals surface area contributed by atoms with Crippen LogP contribution in [0.15, 0.2) is 24.3 Å². The third kappa shape index (κ3) is 6.16. The number of carbonyl (C=O) groups is 2. The zero-order valence-corrected chi connectivity index (χ0v) is 14.3. The van der Waals surface area contributed by atoms with Crippen LogP contribution in [0.5, 0.6) is 5.75 Å². The molecule has 0 aliphatic rings. The maximum absolute atomic E-state index is 12.0. The van der Waals surface area contributed by atoms with Gasteiger partial charge >= 0.3 is 0 Å². The van der Waals surface area contributed by atoms with Gasteiger partial charge in [-0.2, -0.15) is 0 Å². The van der Waals surface area contributed by atoms with Crippen molar-refractivity contribution in [2.75, 3.05) is 11.4 Å². The molecule has 0 radical (unpaired) electrons. The number of amides is 2. The molecular weight excluding hydrogens is 280 g/mol. The minimum absolute atomic E-state index is 0.00299. The molecule has 1 aromatic rings. The fourth-order valence-electron chi connectivity index (χ4n) is 1.96. The van der Waals surface area contributed by atoms with Crippen molar-refractivity contribution in [2.45, 2.75) is 53.2 Å². The molecule has 1 rings (SSSR count). The first-order valence-electron chi connectivity index (χ1n) is 7.44. The Labute approximate surface area is 132 Å². The van der Waals surface area contributed by atoms with Crippen LogP contribution in [0.3, 0.4) is 0 Å². The molecule has 0 unspecified atom stereocenters. The SMILES string of the molecule is CC(=O)N(CC(=O)NC(C)(C)C)c1ccc(OC(C)C)cc1. The Balaban J connectivity index is 2.83. The van der Waals surface area contributed by atoms with Gasteiger partial charge in [0.15, 0.2) is 0 Å². The molecule has 122 valence electrons. The first kappa shape index (κ1) is 18.0. The van der Waals surface area contributed by atoms with E-state index in [1.165, 1.54) is 11.8 Å². The van der Waals surface area contributed by atoms with Gasteiger partial charge in [-0.3, -0.25) is 9.59 Å². The Morgan fingerprint density at radius 1 is 1.18 bits per heavy atom. The van der Waals surface area contributed by atoms with Gasteiger partial charge in [-0.15, -0.1) is 0 Å². The zero-order valence-electron chi connectivity index (χ0n) is 14.3. The second kappa shape index (κ2) is 7.29. The van der Waals surface area contributed by atoms with Crippen molar-refractivity contribution in [2.24, 2.45) is 0 Å². The molecule has 5 heteroatoms. The molecule has 0 atom stereocenters. The average Bonchev–Trinajstić information content (AvgIpc) is 2.34. The van der Waals surface area contributed by atoms with Gasteiger partial charge in [-0.1, -0.05) is 0 Å². The topological polar surface area (TPSA) is 58.6 Å². The van der Waals surface area contributed by atoms with Crippen molar-refractivity contribution in [3.05, 3.63) is 24.3 Å². The fraction of sp³-hybridized carbons (Fsp3) is 0.529. The predicted molar refractivity (Wildman–Crippen MR) is 88.1 cm³/mol. The van der Waals surface area contributed by atoms with E-state index in [9.17, 15) is 9.59 Å². The van der Waals surface area contributed by atoms with Gasteiger partial charge in [0.2, 0.25) is 11.8 Å². The lowest BCUT2D eigenvalue weighted by Crippen LogP contribution is -2.47. The Morgan fingerprint density at radius 2 is 1.73 bits per heavy atom. The van der Waals surface area contributed by atoms with E-state index in [4.69, 9.17) is 4.74 Å². The molecule has 0 saturated carbocycles. The lowest BCUT2D eigenvalue weighted by molar-refractivity contribution is -0.124. The average molecular weight is 306 g/mol. The van der Waals surface area contributed by atoms with E-state index in [1.807, 2.05) is 34.6 Å². The maximum atomic E-state index is 12.0. The summed E-state index contributed by atoms with van der Waals surface area (Å²) in [5, 5.41) is 2.85. The summed E-state index contributed by atoms with van der Waals surface area (Å²) in [7, 11) is 0. The van der Waals surface area contributed by atoms with Crippen molar-refractivity contribution < 1.29 is 14.3 Å². The second-order valence-corrected chi connectivity index (χ2v) is 6.56. The van der Waals surface area contributed by atoms with Gasteiger partial charge in [0.25, 0.3) is 0 Å². The standard InChI is InChI=1S/C17H26N2O3/c1-12(2)22-15-9-7-14(8-10-15)19(13(3)20)11-16(21)18-17(4,5)6/h7-10,12H,11H2,1-6H3,(H,18,21). The fourth-order valence-corrected chi connectivity index (χ4v) is 1.96. The number of nitrogens with zero attached hydrogens (tertiary/aromatic N) is 1. The largest absolute Gasteiger partial charge is 0.491 e. The molecule has 0 spiro atoms. The summed E-state index contributed by atoms with van der Waals surface area (Å²) in [6.45, 7) is 11.1. The van der Waals surface area contributed by atoms with Crippen molar-refractivity contribution in [1.82, 2.24) is 5.32 Å². The highest BCUT2D eigenvalue weighted by molar-refractivity contribution is 5.97. The Kier molecular flexibility index (Phi) is 5.97. The highest BCUT2D eigenvalue weighted by Crippen LogP contribution is 2.20. The number of nitrogens with one attached hydrogen (secondary N) is 1. The second-order valence-electron chi connectivity index (χ2n) is 6.56. The molecular formula is C17H26N2O3. The smallest absolute Gasteiger partial charge is 0.240 e. The predicted octanol–water partition coefficient (Wildman–Crippen LogP) is 2.74. The van der Waals surface area contributed by atoms with E-state index in [0.29, 0.717) is 5.69 Å². The number of hydrogen-bond donors (Lipinski definition) is 1. The molecule has 0 aromatic heterocycles. The third-order valence-electron chi connectivity index (χ3n) is 2.72. The van der Waals surface area contributed by atoms with Gasteiger partial charge in [-0.05, 0) is 58.9 Å². The molecule has 2 amide bonds. The van der Waals surface area contributed by atoms with Gasteiger partial charge < -0.3 is 15.0 Å². The summed E-state index contributed by atoms with van der Waals surface area (Å²) in [5.74, 6) is 0.369. The highest BCUT2D eigenvalue weighted by Gasteiger charge is 2.19. The molecule has 0 bridgehead atoms. The Bertz CT molecular complexity index is 516. The van der Waals surface area contributed by atoms with Crippen molar-refractivity contribution in [3.8, 4) is 5.75 Å². The summed E-state index contributed by atoms with van der Waals surface area (Å²) in [6, 6.07) is 7.16. The summed E-state index contributed by atoms with van der Waals surface area (Å²) in [4.78, 5) is 25.3. The van der Waals surface area contributed by atoms with E-state index in [-0.39, 0.29) is 30.0 Å². The molecule has 1 aromatic carbocycles. The minimum Gasteiger partial charge on any atom is -0.491 e. The number of anilines is 1. The van der Waals surface area contributed by atoms with E-state index < -0.39 is 0 Å². The molecule has 5 nitrogen and oxygen atoms in total. The van der Waals surface area contributed by atoms with Gasteiger partial charge in [0.05, 0.1) is 6.10 Å². The van der Waals surface area contributed by atoms with E-state index in [0.717, 1.165) is 5.75 Å². The summed E-state index contributed by atoms with van der Waals surface area (Å²) in [5.41, 5.74) is 0.349. The number of carbonyl (C=O) groups excluding carboxylic acids is 2. The van der Waals surface area contributed by atoms with Crippen LogP contribution in [0.4, 0.5) is 5.69 Å². The van der Waals surface area contributed by atoms with Crippen LogP contribution in [0, 0.1) is 0 Å². The first-order valence-corrected chi connectivity index (χ1v) is 7.44. The van der Waals surface area contributed by atoms with Crippen LogP contribution in [0.2, 0.25) is 0 Å². The van der Waals surface area contributed by atoms with Crippen LogP contribution in [-0.2, 0) is 9.59 Å². The lowest BCUT2D eigenvalue weighted by atomic mass is 10.1. The van der Waals surface area contributed by atoms with Crippen LogP contribution >= 0.6 is 0 Å². The normalized spacial score (nSPS) is 11.2. The number of benzene rings is 1. The molecule has 1 N–H and O–H groups in total. The van der Waals surface area contributed by atoms with Crippen LogP contribution in [-0.4, -0.2) is 30.0 Å². The summed E-state index contributed by atoms with van der Waals surface area (Å²) >= 11 is 0. The van der Waals surface area contributed by atoms with E-state index in [2.05, 4.69) is 5.32 Å². The molecule has 0 aliphatic heterocycles. The van der Waals surface area contributed by atoms with Crippen LogP contribution in [0.1, 0.15) is 41.5 Å². The van der Waals surface area contributed by atoms with Gasteiger partial charge in [-0.25, -0.2) is 0 Å². The van der Waals surface area contributed by atoms with E-state index in [1.54, 1.807) is 24.3 Å². The van der Waals surface area contributed by atoms with Crippen LogP contribution < -0.4 is 15.0 Å². The molecule has 0 fully saturated rings. The number of ether oxygens (including phenoxy) is 1. The van der Waals surface area contributed by atoms with E-state index >= 15 is 0 Å². The quantitative estimate of drug-likeness (QED) is 0.910. The zero-order chi connectivity index (χ0) is 16.9. The van der Waals surface area contributed by atoms with Crippen molar-refractivity contribution >= 4 is 17.5 Å². The summed E-state index contributed by atoms with van der Waals surface area (Å²) < 4.78 is 5.57. The Hall–Kier alpha value is -2.04. The third-order valence-corrected chi connectivity index (χ3v) is 2.72. The maximum Gasteiger partial charge on any atom is 0.240 e. The molecule has 0 saturated heterocycles. The Morgan fingerprint density at radius 3 is 2.14 bits per heavy atom. The molecule has 0 aliphatic carbocycles. The van der Waals surface area contributed by atoms with Gasteiger partial charge in [0, 0.05) is 18.2 Å². The van der Waals surface area contributed by atoms with Crippen LogP contribution in [0.25, 0.3) is 0 Å². The van der Waals surface area contributed by atoms with Crippen molar-refractivity contribution in [1.29, 1.82) is 0 Å². The molecule has 0 heterocycles. The highest BCUT2D eigenvalue weighted by atomic mass is 16.5. The van der Waals surface area contributed by atoms with Gasteiger partial charge in [0.1, 0.15) is 12.3 Å². The lowest BCUT2D eigenvalue weighted by Gasteiger charge is -2.25. The number of hydrogen-bond acceptors (Lipinski definition) is 3. The monoisotopic (exact) mass is 306 g/mol. The summed E-state index contributed by atoms with van der Waals surface area (Å²) in [6.07, 6.45) is 0.0901. The minimum atomic E-state index is -0.325. The van der Waals surface area contributed by atoms with Crippen molar-refractivity contribution in [3.63, 3.8) is 0 Å². The molecule has 22 heavy (non-hydrogen) atoms. The first-order chi connectivity index (χ1) is 10.1.